The number of carboxylic acid groups (broad SMARTS) is 1. The van der Waals surface area contributed by atoms with Crippen molar-refractivity contribution in [3.05, 3.63) is 0 Å². The van der Waals surface area contributed by atoms with Crippen molar-refractivity contribution >= 4 is 17.8 Å². The van der Waals surface area contributed by atoms with Crippen LogP contribution >= 0.6 is 0 Å². The molecule has 0 aromatic carbocycles. The molecular formula is C10H14N2O4. The van der Waals surface area contributed by atoms with Gasteiger partial charge in [-0.05, 0) is 12.8 Å². The molecule has 1 aliphatic carbocycles. The standard InChI is InChI=1S/C10H14N2O4/c1-12-3-2-7(9(12)14)11-8(13)5-4-6(5)10(15)16/h5-7H,2-4H2,1H3,(H,11,13)(H,15,16). The lowest BCUT2D eigenvalue weighted by atomic mass is 10.2. The Balaban J connectivity index is 1.85. The Bertz CT molecular complexity index is 355. The van der Waals surface area contributed by atoms with Crippen LogP contribution in [-0.4, -0.2) is 47.4 Å². The molecule has 1 saturated carbocycles. The van der Waals surface area contributed by atoms with E-state index < -0.39 is 23.8 Å². The molecular weight excluding hydrogens is 212 g/mol. The van der Waals surface area contributed by atoms with Gasteiger partial charge in [0.1, 0.15) is 6.04 Å². The van der Waals surface area contributed by atoms with Gasteiger partial charge >= 0.3 is 5.97 Å². The second-order valence-corrected chi connectivity index (χ2v) is 4.40. The van der Waals surface area contributed by atoms with Gasteiger partial charge in [-0.15, -0.1) is 0 Å². The van der Waals surface area contributed by atoms with Gasteiger partial charge in [0, 0.05) is 13.6 Å². The highest BCUT2D eigenvalue weighted by molar-refractivity contribution is 5.93. The smallest absolute Gasteiger partial charge is 0.307 e. The predicted molar refractivity (Wildman–Crippen MR) is 53.4 cm³/mol. The molecule has 0 bridgehead atoms. The molecule has 1 aliphatic heterocycles. The molecule has 6 heteroatoms. The van der Waals surface area contributed by atoms with Crippen molar-refractivity contribution in [2.75, 3.05) is 13.6 Å². The zero-order valence-electron chi connectivity index (χ0n) is 8.97. The first kappa shape index (κ1) is 10.9. The average Bonchev–Trinajstić information content (AvgIpc) is 2.97. The fourth-order valence-electron chi connectivity index (χ4n) is 1.99. The zero-order valence-corrected chi connectivity index (χ0v) is 8.97. The summed E-state index contributed by atoms with van der Waals surface area (Å²) in [4.78, 5) is 35.2. The third-order valence-corrected chi connectivity index (χ3v) is 3.19. The zero-order chi connectivity index (χ0) is 11.9. The number of likely N-dealkylation sites (tertiary alicyclic amines) is 1. The summed E-state index contributed by atoms with van der Waals surface area (Å²) in [6.45, 7) is 0.636. The van der Waals surface area contributed by atoms with Gasteiger partial charge in [-0.3, -0.25) is 14.4 Å². The van der Waals surface area contributed by atoms with Gasteiger partial charge in [-0.2, -0.15) is 0 Å². The first-order valence-corrected chi connectivity index (χ1v) is 5.29. The largest absolute Gasteiger partial charge is 0.481 e. The van der Waals surface area contributed by atoms with Crippen LogP contribution in [0.4, 0.5) is 0 Å². The van der Waals surface area contributed by atoms with Gasteiger partial charge in [-0.1, -0.05) is 0 Å². The molecule has 0 spiro atoms. The van der Waals surface area contributed by atoms with Crippen molar-refractivity contribution in [2.45, 2.75) is 18.9 Å². The van der Waals surface area contributed by atoms with Crippen LogP contribution in [0.1, 0.15) is 12.8 Å². The van der Waals surface area contributed by atoms with E-state index in [9.17, 15) is 14.4 Å². The third-order valence-electron chi connectivity index (χ3n) is 3.19. The summed E-state index contributed by atoms with van der Waals surface area (Å²) in [7, 11) is 1.69. The Morgan fingerprint density at radius 2 is 2.12 bits per heavy atom. The molecule has 1 heterocycles. The third kappa shape index (κ3) is 1.87. The van der Waals surface area contributed by atoms with Crippen molar-refractivity contribution in [1.82, 2.24) is 10.2 Å². The fourth-order valence-corrected chi connectivity index (χ4v) is 1.99. The van der Waals surface area contributed by atoms with Crippen LogP contribution in [0.5, 0.6) is 0 Å². The van der Waals surface area contributed by atoms with Gasteiger partial charge in [-0.25, -0.2) is 0 Å². The van der Waals surface area contributed by atoms with Crippen molar-refractivity contribution in [3.8, 4) is 0 Å². The topological polar surface area (TPSA) is 86.7 Å². The SMILES string of the molecule is CN1CCC(NC(=O)C2CC2C(=O)O)C1=O. The van der Waals surface area contributed by atoms with E-state index in [1.807, 2.05) is 0 Å². The first-order chi connectivity index (χ1) is 7.50. The molecule has 3 atom stereocenters. The lowest BCUT2D eigenvalue weighted by Gasteiger charge is -2.11. The minimum atomic E-state index is -0.935. The predicted octanol–water partition coefficient (Wildman–Crippen LogP) is -0.946. The number of nitrogens with one attached hydrogen (secondary N) is 1. The van der Waals surface area contributed by atoms with Crippen LogP contribution in [0, 0.1) is 11.8 Å². The second kappa shape index (κ2) is 3.77. The van der Waals surface area contributed by atoms with E-state index in [4.69, 9.17) is 5.11 Å². The summed E-state index contributed by atoms with van der Waals surface area (Å²) in [6.07, 6.45) is 0.990. The summed E-state index contributed by atoms with van der Waals surface area (Å²) in [5.74, 6) is -2.35. The maximum Gasteiger partial charge on any atom is 0.307 e. The molecule has 2 aliphatic rings. The summed E-state index contributed by atoms with van der Waals surface area (Å²) >= 11 is 0. The fraction of sp³-hybridized carbons (Fsp3) is 0.700. The Morgan fingerprint density at radius 1 is 1.44 bits per heavy atom. The molecule has 2 N–H and O–H groups in total. The summed E-state index contributed by atoms with van der Waals surface area (Å²) in [5.41, 5.74) is 0. The monoisotopic (exact) mass is 226 g/mol. The molecule has 6 nitrogen and oxygen atoms in total. The number of nitrogens with zero attached hydrogens (tertiary/aromatic N) is 1. The molecule has 0 aromatic heterocycles. The number of hydrogen-bond acceptors (Lipinski definition) is 3. The molecule has 3 unspecified atom stereocenters. The molecule has 16 heavy (non-hydrogen) atoms. The van der Waals surface area contributed by atoms with E-state index >= 15 is 0 Å². The van der Waals surface area contributed by atoms with Crippen molar-refractivity contribution in [1.29, 1.82) is 0 Å². The minimum absolute atomic E-state index is 0.0964. The number of amides is 2. The maximum absolute atomic E-state index is 11.6. The molecule has 2 rings (SSSR count). The van der Waals surface area contributed by atoms with E-state index in [1.165, 1.54) is 0 Å². The second-order valence-electron chi connectivity index (χ2n) is 4.40. The highest BCUT2D eigenvalue weighted by Gasteiger charge is 2.49. The lowest BCUT2D eigenvalue weighted by Crippen LogP contribution is -2.41. The Labute approximate surface area is 92.6 Å². The molecule has 0 aromatic rings. The van der Waals surface area contributed by atoms with Crippen molar-refractivity contribution < 1.29 is 19.5 Å². The number of rotatable bonds is 3. The van der Waals surface area contributed by atoms with Crippen LogP contribution in [0.3, 0.4) is 0 Å². The number of carbonyl (C=O) groups is 3. The summed E-state index contributed by atoms with van der Waals surface area (Å²) in [5, 5.41) is 11.3. The van der Waals surface area contributed by atoms with E-state index in [1.54, 1.807) is 11.9 Å². The summed E-state index contributed by atoms with van der Waals surface area (Å²) in [6, 6.07) is -0.465. The minimum Gasteiger partial charge on any atom is -0.481 e. The molecule has 0 radical (unpaired) electrons. The molecule has 1 saturated heterocycles. The number of carbonyl (C=O) groups excluding carboxylic acids is 2. The van der Waals surface area contributed by atoms with Crippen LogP contribution < -0.4 is 5.32 Å². The number of aliphatic carboxylic acids is 1. The van der Waals surface area contributed by atoms with E-state index in [0.717, 1.165) is 0 Å². The summed E-state index contributed by atoms with van der Waals surface area (Å²) < 4.78 is 0. The maximum atomic E-state index is 11.6. The van der Waals surface area contributed by atoms with Gasteiger partial charge in [0.2, 0.25) is 11.8 Å². The van der Waals surface area contributed by atoms with Gasteiger partial charge in [0.15, 0.2) is 0 Å². The molecule has 2 amide bonds. The van der Waals surface area contributed by atoms with E-state index in [-0.39, 0.29) is 11.8 Å². The highest BCUT2D eigenvalue weighted by Crippen LogP contribution is 2.38. The van der Waals surface area contributed by atoms with Crippen LogP contribution in [0.15, 0.2) is 0 Å². The van der Waals surface area contributed by atoms with Gasteiger partial charge in [0.05, 0.1) is 11.8 Å². The van der Waals surface area contributed by atoms with Gasteiger partial charge < -0.3 is 15.3 Å². The van der Waals surface area contributed by atoms with Crippen molar-refractivity contribution in [2.24, 2.45) is 11.8 Å². The highest BCUT2D eigenvalue weighted by atomic mass is 16.4. The quantitative estimate of drug-likeness (QED) is 0.650. The Hall–Kier alpha value is -1.59. The van der Waals surface area contributed by atoms with Crippen LogP contribution in [-0.2, 0) is 14.4 Å². The first-order valence-electron chi connectivity index (χ1n) is 5.29. The number of hydrogen-bond donors (Lipinski definition) is 2. The lowest BCUT2D eigenvalue weighted by molar-refractivity contribution is -0.140. The number of likely N-dealkylation sites (N-methyl/N-ethyl adjacent to an activating group) is 1. The van der Waals surface area contributed by atoms with Crippen LogP contribution in [0.25, 0.3) is 0 Å². The Kier molecular flexibility index (Phi) is 2.57. The average molecular weight is 226 g/mol. The molecule has 2 fully saturated rings. The molecule has 88 valence electrons. The number of carboxylic acids is 1. The van der Waals surface area contributed by atoms with Crippen LogP contribution in [0.2, 0.25) is 0 Å². The normalized spacial score (nSPS) is 32.7. The van der Waals surface area contributed by atoms with Gasteiger partial charge in [0.25, 0.3) is 0 Å². The van der Waals surface area contributed by atoms with Crippen molar-refractivity contribution in [3.63, 3.8) is 0 Å². The van der Waals surface area contributed by atoms with E-state index in [0.29, 0.717) is 19.4 Å². The van der Waals surface area contributed by atoms with E-state index in [2.05, 4.69) is 5.32 Å². The Morgan fingerprint density at radius 3 is 2.56 bits per heavy atom.